The SMILES string of the molecule is CC(Oc1cccc(C#N)c1)C(=O)NCc1ccccc1CN1CCN(c2ccccc2)CC1. The molecule has 1 amide bonds. The first kappa shape index (κ1) is 23.3. The van der Waals surface area contributed by atoms with Crippen molar-refractivity contribution in [2.24, 2.45) is 0 Å². The summed E-state index contributed by atoms with van der Waals surface area (Å²) in [5.41, 5.74) is 4.12. The van der Waals surface area contributed by atoms with Crippen LogP contribution < -0.4 is 15.0 Å². The van der Waals surface area contributed by atoms with Crippen molar-refractivity contribution in [3.63, 3.8) is 0 Å². The Morgan fingerprint density at radius 3 is 2.41 bits per heavy atom. The summed E-state index contributed by atoms with van der Waals surface area (Å²) < 4.78 is 5.73. The van der Waals surface area contributed by atoms with Gasteiger partial charge in [0.25, 0.3) is 5.91 Å². The zero-order valence-corrected chi connectivity index (χ0v) is 19.5. The van der Waals surface area contributed by atoms with Crippen molar-refractivity contribution in [3.8, 4) is 11.8 Å². The number of piperazine rings is 1. The number of nitrogens with one attached hydrogen (secondary N) is 1. The van der Waals surface area contributed by atoms with Crippen LogP contribution in [0.2, 0.25) is 0 Å². The van der Waals surface area contributed by atoms with Crippen LogP contribution in [0.1, 0.15) is 23.6 Å². The van der Waals surface area contributed by atoms with Crippen molar-refractivity contribution in [1.82, 2.24) is 10.2 Å². The van der Waals surface area contributed by atoms with Crippen LogP contribution in [0.5, 0.6) is 5.75 Å². The number of anilines is 1. The van der Waals surface area contributed by atoms with Gasteiger partial charge in [0.05, 0.1) is 11.6 Å². The Balaban J connectivity index is 1.29. The summed E-state index contributed by atoms with van der Waals surface area (Å²) in [5, 5.41) is 12.0. The minimum Gasteiger partial charge on any atom is -0.481 e. The van der Waals surface area contributed by atoms with Crippen LogP contribution in [0, 0.1) is 11.3 Å². The first-order valence-electron chi connectivity index (χ1n) is 11.7. The molecule has 34 heavy (non-hydrogen) atoms. The van der Waals surface area contributed by atoms with Crippen molar-refractivity contribution >= 4 is 11.6 Å². The van der Waals surface area contributed by atoms with Crippen LogP contribution in [0.15, 0.2) is 78.9 Å². The summed E-state index contributed by atoms with van der Waals surface area (Å²) in [6.07, 6.45) is -0.660. The Morgan fingerprint density at radius 2 is 1.68 bits per heavy atom. The van der Waals surface area contributed by atoms with E-state index in [0.717, 1.165) is 38.3 Å². The highest BCUT2D eigenvalue weighted by Crippen LogP contribution is 2.19. The van der Waals surface area contributed by atoms with Crippen LogP contribution in [0.4, 0.5) is 5.69 Å². The molecule has 0 radical (unpaired) electrons. The molecule has 0 spiro atoms. The number of hydrogen-bond donors (Lipinski definition) is 1. The van der Waals surface area contributed by atoms with Gasteiger partial charge in [-0.2, -0.15) is 5.26 Å². The maximum atomic E-state index is 12.6. The molecule has 0 aromatic heterocycles. The van der Waals surface area contributed by atoms with Gasteiger partial charge >= 0.3 is 0 Å². The molecular formula is C28H30N4O2. The number of carbonyl (C=O) groups is 1. The Labute approximate surface area is 201 Å². The first-order valence-corrected chi connectivity index (χ1v) is 11.7. The van der Waals surface area contributed by atoms with Gasteiger partial charge in [-0.05, 0) is 48.4 Å². The highest BCUT2D eigenvalue weighted by atomic mass is 16.5. The van der Waals surface area contributed by atoms with E-state index < -0.39 is 6.10 Å². The maximum absolute atomic E-state index is 12.6. The van der Waals surface area contributed by atoms with Crippen molar-refractivity contribution < 1.29 is 9.53 Å². The summed E-state index contributed by atoms with van der Waals surface area (Å²) in [7, 11) is 0. The molecule has 6 nitrogen and oxygen atoms in total. The monoisotopic (exact) mass is 454 g/mol. The van der Waals surface area contributed by atoms with E-state index in [1.807, 2.05) is 6.07 Å². The van der Waals surface area contributed by atoms with E-state index in [2.05, 4.69) is 69.7 Å². The van der Waals surface area contributed by atoms with Gasteiger partial charge in [0.15, 0.2) is 6.10 Å². The van der Waals surface area contributed by atoms with E-state index in [9.17, 15) is 4.79 Å². The molecule has 3 aromatic carbocycles. The number of rotatable bonds is 8. The standard InChI is InChI=1S/C28H30N4O2/c1-22(34-27-13-7-8-23(18-27)19-29)28(33)30-20-24-9-5-6-10-25(24)21-31-14-16-32(17-15-31)26-11-3-2-4-12-26/h2-13,18,22H,14-17,20-21H2,1H3,(H,30,33). The minimum atomic E-state index is -0.660. The molecule has 1 fully saturated rings. The zero-order chi connectivity index (χ0) is 23.8. The lowest BCUT2D eigenvalue weighted by atomic mass is 10.1. The third-order valence-electron chi connectivity index (χ3n) is 6.10. The number of benzene rings is 3. The third kappa shape index (κ3) is 6.15. The van der Waals surface area contributed by atoms with Crippen molar-refractivity contribution in [3.05, 3.63) is 95.6 Å². The summed E-state index contributed by atoms with van der Waals surface area (Å²) >= 11 is 0. The Kier molecular flexibility index (Phi) is 7.79. The second-order valence-corrected chi connectivity index (χ2v) is 8.48. The Hall–Kier alpha value is -3.82. The molecule has 1 atom stereocenters. The van der Waals surface area contributed by atoms with Gasteiger partial charge in [0.1, 0.15) is 5.75 Å². The molecule has 4 rings (SSSR count). The molecular weight excluding hydrogens is 424 g/mol. The average Bonchev–Trinajstić information content (AvgIpc) is 2.89. The number of nitriles is 1. The number of ether oxygens (including phenoxy) is 1. The molecule has 0 saturated carbocycles. The van der Waals surface area contributed by atoms with Crippen LogP contribution in [-0.4, -0.2) is 43.1 Å². The van der Waals surface area contributed by atoms with Gasteiger partial charge < -0.3 is 15.0 Å². The number of amides is 1. The molecule has 0 aliphatic carbocycles. The highest BCUT2D eigenvalue weighted by molar-refractivity contribution is 5.80. The molecule has 1 heterocycles. The molecule has 1 unspecified atom stereocenters. The summed E-state index contributed by atoms with van der Waals surface area (Å²) in [4.78, 5) is 17.5. The van der Waals surface area contributed by atoms with Gasteiger partial charge in [-0.1, -0.05) is 48.5 Å². The summed E-state index contributed by atoms with van der Waals surface area (Å²) in [6.45, 7) is 7.04. The maximum Gasteiger partial charge on any atom is 0.261 e. The second-order valence-electron chi connectivity index (χ2n) is 8.48. The highest BCUT2D eigenvalue weighted by Gasteiger charge is 2.19. The van der Waals surface area contributed by atoms with Gasteiger partial charge in [-0.25, -0.2) is 0 Å². The smallest absolute Gasteiger partial charge is 0.261 e. The van der Waals surface area contributed by atoms with Gasteiger partial charge in [0.2, 0.25) is 0 Å². The predicted molar refractivity (Wildman–Crippen MR) is 133 cm³/mol. The van der Waals surface area contributed by atoms with E-state index in [-0.39, 0.29) is 5.91 Å². The molecule has 1 N–H and O–H groups in total. The molecule has 3 aromatic rings. The number of para-hydroxylation sites is 1. The van der Waals surface area contributed by atoms with E-state index in [1.165, 1.54) is 11.3 Å². The predicted octanol–water partition coefficient (Wildman–Crippen LogP) is 3.96. The van der Waals surface area contributed by atoms with Gasteiger partial charge in [0, 0.05) is 45.0 Å². The molecule has 1 saturated heterocycles. The fourth-order valence-electron chi connectivity index (χ4n) is 4.15. The van der Waals surface area contributed by atoms with E-state index >= 15 is 0 Å². The van der Waals surface area contributed by atoms with Crippen LogP contribution in [0.3, 0.4) is 0 Å². The van der Waals surface area contributed by atoms with Crippen LogP contribution in [-0.2, 0) is 17.9 Å². The number of nitrogens with zero attached hydrogens (tertiary/aromatic N) is 3. The van der Waals surface area contributed by atoms with Crippen LogP contribution >= 0.6 is 0 Å². The van der Waals surface area contributed by atoms with E-state index in [1.54, 1.807) is 31.2 Å². The second kappa shape index (κ2) is 11.4. The van der Waals surface area contributed by atoms with E-state index in [4.69, 9.17) is 10.00 Å². The molecule has 1 aliphatic heterocycles. The molecule has 0 bridgehead atoms. The normalized spacial score (nSPS) is 14.8. The van der Waals surface area contributed by atoms with Gasteiger partial charge in [-0.3, -0.25) is 9.69 Å². The topological polar surface area (TPSA) is 68.6 Å². The lowest BCUT2D eigenvalue weighted by Crippen LogP contribution is -2.46. The average molecular weight is 455 g/mol. The van der Waals surface area contributed by atoms with E-state index in [0.29, 0.717) is 17.9 Å². The van der Waals surface area contributed by atoms with Crippen molar-refractivity contribution in [2.45, 2.75) is 26.1 Å². The quantitative estimate of drug-likeness (QED) is 0.558. The Bertz CT molecular complexity index is 1130. The lowest BCUT2D eigenvalue weighted by molar-refractivity contribution is -0.127. The fourth-order valence-corrected chi connectivity index (χ4v) is 4.15. The number of carbonyl (C=O) groups excluding carboxylic acids is 1. The summed E-state index contributed by atoms with van der Waals surface area (Å²) in [6, 6.07) is 27.7. The fraction of sp³-hybridized carbons (Fsp3) is 0.286. The minimum absolute atomic E-state index is 0.186. The Morgan fingerprint density at radius 1 is 0.971 bits per heavy atom. The first-order chi connectivity index (χ1) is 16.6. The third-order valence-corrected chi connectivity index (χ3v) is 6.10. The molecule has 1 aliphatic rings. The number of hydrogen-bond acceptors (Lipinski definition) is 5. The van der Waals surface area contributed by atoms with Crippen LogP contribution in [0.25, 0.3) is 0 Å². The van der Waals surface area contributed by atoms with Crippen molar-refractivity contribution in [1.29, 1.82) is 5.26 Å². The molecule has 6 heteroatoms. The summed E-state index contributed by atoms with van der Waals surface area (Å²) in [5.74, 6) is 0.324. The zero-order valence-electron chi connectivity index (χ0n) is 19.5. The molecule has 174 valence electrons. The van der Waals surface area contributed by atoms with Gasteiger partial charge in [-0.15, -0.1) is 0 Å². The largest absolute Gasteiger partial charge is 0.481 e. The lowest BCUT2D eigenvalue weighted by Gasteiger charge is -2.36. The van der Waals surface area contributed by atoms with Crippen molar-refractivity contribution in [2.75, 3.05) is 31.1 Å².